The Labute approximate surface area is 93.0 Å². The van der Waals surface area contributed by atoms with Gasteiger partial charge in [-0.2, -0.15) is 0 Å². The molecule has 0 heterocycles. The Balaban J connectivity index is 2.51. The summed E-state index contributed by atoms with van der Waals surface area (Å²) in [5.74, 6) is -1.05. The number of hydrogen-bond donors (Lipinski definition) is 2. The number of rotatable bonds is 3. The zero-order valence-electron chi connectivity index (χ0n) is 9.59. The number of ether oxygens (including phenoxy) is 1. The Bertz CT molecular complexity index is 278. The van der Waals surface area contributed by atoms with Crippen LogP contribution in [0.4, 0.5) is 13.6 Å². The van der Waals surface area contributed by atoms with E-state index in [0.29, 0.717) is 0 Å². The number of carbonyl (C=O) groups is 1. The van der Waals surface area contributed by atoms with Gasteiger partial charge in [0.25, 0.3) is 0 Å². The van der Waals surface area contributed by atoms with E-state index in [1.54, 1.807) is 20.8 Å². The smallest absolute Gasteiger partial charge is 0.408 e. The van der Waals surface area contributed by atoms with Crippen molar-refractivity contribution in [2.24, 2.45) is 5.92 Å². The van der Waals surface area contributed by atoms with Crippen LogP contribution in [0.1, 0.15) is 27.2 Å². The van der Waals surface area contributed by atoms with Crippen molar-refractivity contribution in [2.75, 3.05) is 6.61 Å². The van der Waals surface area contributed by atoms with E-state index in [9.17, 15) is 13.6 Å². The highest BCUT2D eigenvalue weighted by molar-refractivity contribution is 5.69. The number of amides is 1. The first kappa shape index (κ1) is 13.2. The van der Waals surface area contributed by atoms with E-state index >= 15 is 0 Å². The molecule has 1 saturated carbocycles. The van der Waals surface area contributed by atoms with Crippen LogP contribution >= 0.6 is 0 Å². The molecule has 0 saturated heterocycles. The molecule has 0 aliphatic heterocycles. The summed E-state index contributed by atoms with van der Waals surface area (Å²) in [6.07, 6.45) is -3.34. The summed E-state index contributed by atoms with van der Waals surface area (Å²) in [4.78, 5) is 11.4. The standard InChI is InChI=1S/C10H17F2NO3/c1-9(2,3)13-8(15)16-10(5-14)4-6(10)7(11)12/h6-7,14H,4-5H2,1-3H3,(H,13,15). The third-order valence-corrected chi connectivity index (χ3v) is 2.43. The number of aliphatic hydroxyl groups excluding tert-OH is 1. The summed E-state index contributed by atoms with van der Waals surface area (Å²) in [6, 6.07) is 0. The van der Waals surface area contributed by atoms with Crippen molar-refractivity contribution in [3.05, 3.63) is 0 Å². The summed E-state index contributed by atoms with van der Waals surface area (Å²) in [7, 11) is 0. The molecule has 0 radical (unpaired) electrons. The van der Waals surface area contributed by atoms with E-state index < -0.39 is 36.2 Å². The van der Waals surface area contributed by atoms with Crippen LogP contribution in [0, 0.1) is 5.92 Å². The monoisotopic (exact) mass is 237 g/mol. The number of alkyl carbamates (subject to hydrolysis) is 1. The fraction of sp³-hybridized carbons (Fsp3) is 0.900. The number of carbonyl (C=O) groups excluding carboxylic acids is 1. The minimum atomic E-state index is -2.57. The van der Waals surface area contributed by atoms with Gasteiger partial charge in [-0.1, -0.05) is 0 Å². The molecule has 4 nitrogen and oxygen atoms in total. The van der Waals surface area contributed by atoms with Gasteiger partial charge in [0.05, 0.1) is 12.5 Å². The van der Waals surface area contributed by atoms with Gasteiger partial charge in [-0.3, -0.25) is 0 Å². The average Bonchev–Trinajstić information content (AvgIpc) is 2.76. The van der Waals surface area contributed by atoms with Gasteiger partial charge in [-0.25, -0.2) is 13.6 Å². The zero-order valence-corrected chi connectivity index (χ0v) is 9.59. The van der Waals surface area contributed by atoms with Crippen molar-refractivity contribution in [1.82, 2.24) is 5.32 Å². The predicted octanol–water partition coefficient (Wildman–Crippen LogP) is 1.53. The summed E-state index contributed by atoms with van der Waals surface area (Å²) >= 11 is 0. The lowest BCUT2D eigenvalue weighted by atomic mass is 10.1. The van der Waals surface area contributed by atoms with Crippen LogP contribution in [-0.4, -0.2) is 35.4 Å². The van der Waals surface area contributed by atoms with Crippen LogP contribution in [0.5, 0.6) is 0 Å². The maximum Gasteiger partial charge on any atom is 0.408 e. The highest BCUT2D eigenvalue weighted by Crippen LogP contribution is 2.50. The summed E-state index contributed by atoms with van der Waals surface area (Å²) in [5, 5.41) is 11.5. The van der Waals surface area contributed by atoms with E-state index in [4.69, 9.17) is 9.84 Å². The molecule has 1 aliphatic carbocycles. The predicted molar refractivity (Wildman–Crippen MR) is 53.3 cm³/mol. The van der Waals surface area contributed by atoms with Crippen LogP contribution < -0.4 is 5.32 Å². The Hall–Kier alpha value is -0.910. The average molecular weight is 237 g/mol. The van der Waals surface area contributed by atoms with E-state index in [1.807, 2.05) is 0 Å². The van der Waals surface area contributed by atoms with Crippen molar-refractivity contribution in [3.8, 4) is 0 Å². The molecule has 0 aromatic rings. The van der Waals surface area contributed by atoms with Crippen LogP contribution in [0.2, 0.25) is 0 Å². The fourth-order valence-electron chi connectivity index (χ4n) is 1.48. The molecule has 1 aliphatic rings. The minimum Gasteiger partial charge on any atom is -0.440 e. The molecule has 2 atom stereocenters. The largest absolute Gasteiger partial charge is 0.440 e. The van der Waals surface area contributed by atoms with E-state index in [0.717, 1.165) is 0 Å². The zero-order chi connectivity index (χ0) is 12.6. The molecule has 0 bridgehead atoms. The van der Waals surface area contributed by atoms with Crippen LogP contribution in [0.3, 0.4) is 0 Å². The molecule has 6 heteroatoms. The van der Waals surface area contributed by atoms with E-state index in [-0.39, 0.29) is 6.42 Å². The van der Waals surface area contributed by atoms with Crippen molar-refractivity contribution in [3.63, 3.8) is 0 Å². The minimum absolute atomic E-state index is 0.0126. The quantitative estimate of drug-likeness (QED) is 0.782. The second-order valence-electron chi connectivity index (χ2n) is 5.13. The van der Waals surface area contributed by atoms with Gasteiger partial charge in [0.15, 0.2) is 0 Å². The topological polar surface area (TPSA) is 58.6 Å². The van der Waals surface area contributed by atoms with Crippen LogP contribution in [0.15, 0.2) is 0 Å². The van der Waals surface area contributed by atoms with Crippen molar-refractivity contribution in [1.29, 1.82) is 0 Å². The Morgan fingerprint density at radius 1 is 1.62 bits per heavy atom. The number of aliphatic hydroxyl groups is 1. The molecule has 2 unspecified atom stereocenters. The van der Waals surface area contributed by atoms with E-state index in [2.05, 4.69) is 5.32 Å². The molecule has 0 aromatic heterocycles. The molecule has 0 aromatic carbocycles. The lowest BCUT2D eigenvalue weighted by Gasteiger charge is -2.23. The highest BCUT2D eigenvalue weighted by Gasteiger charge is 2.62. The molecule has 1 fully saturated rings. The molecule has 16 heavy (non-hydrogen) atoms. The summed E-state index contributed by atoms with van der Waals surface area (Å²) < 4.78 is 29.6. The van der Waals surface area contributed by atoms with Crippen molar-refractivity contribution in [2.45, 2.75) is 44.8 Å². The third-order valence-electron chi connectivity index (χ3n) is 2.43. The number of alkyl halides is 2. The van der Waals surface area contributed by atoms with Gasteiger partial charge >= 0.3 is 6.09 Å². The van der Waals surface area contributed by atoms with Crippen molar-refractivity contribution < 1.29 is 23.4 Å². The molecular weight excluding hydrogens is 220 g/mol. The Morgan fingerprint density at radius 3 is 2.50 bits per heavy atom. The maximum absolute atomic E-state index is 12.4. The second kappa shape index (κ2) is 4.16. The maximum atomic E-state index is 12.4. The fourth-order valence-corrected chi connectivity index (χ4v) is 1.48. The molecular formula is C10H17F2NO3. The highest BCUT2D eigenvalue weighted by atomic mass is 19.3. The SMILES string of the molecule is CC(C)(C)NC(=O)OC1(CO)CC1C(F)F. The van der Waals surface area contributed by atoms with Gasteiger partial charge in [-0.05, 0) is 20.8 Å². The first-order chi connectivity index (χ1) is 7.20. The van der Waals surface area contributed by atoms with Crippen LogP contribution in [-0.2, 0) is 4.74 Å². The van der Waals surface area contributed by atoms with Crippen molar-refractivity contribution >= 4 is 6.09 Å². The number of hydrogen-bond acceptors (Lipinski definition) is 3. The molecule has 94 valence electrons. The molecule has 0 spiro atoms. The van der Waals surface area contributed by atoms with Gasteiger partial charge in [0.2, 0.25) is 6.43 Å². The molecule has 1 amide bonds. The van der Waals surface area contributed by atoms with Gasteiger partial charge in [-0.15, -0.1) is 0 Å². The number of halogens is 2. The first-order valence-electron chi connectivity index (χ1n) is 5.10. The second-order valence-corrected chi connectivity index (χ2v) is 5.13. The molecule has 2 N–H and O–H groups in total. The van der Waals surface area contributed by atoms with E-state index in [1.165, 1.54) is 0 Å². The molecule has 1 rings (SSSR count). The lowest BCUT2D eigenvalue weighted by Crippen LogP contribution is -2.44. The normalized spacial score (nSPS) is 29.1. The van der Waals surface area contributed by atoms with Crippen LogP contribution in [0.25, 0.3) is 0 Å². The van der Waals surface area contributed by atoms with Gasteiger partial charge in [0.1, 0.15) is 5.60 Å². The third kappa shape index (κ3) is 3.04. The summed E-state index contributed by atoms with van der Waals surface area (Å²) in [6.45, 7) is 4.67. The number of nitrogens with one attached hydrogen (secondary N) is 1. The Kier molecular flexibility index (Phi) is 3.42. The van der Waals surface area contributed by atoms with Gasteiger partial charge in [0, 0.05) is 12.0 Å². The first-order valence-corrected chi connectivity index (χ1v) is 5.10. The summed E-state index contributed by atoms with van der Waals surface area (Å²) in [5.41, 5.74) is -1.88. The Morgan fingerprint density at radius 2 is 2.19 bits per heavy atom. The lowest BCUT2D eigenvalue weighted by molar-refractivity contribution is -0.000833. The van der Waals surface area contributed by atoms with Gasteiger partial charge < -0.3 is 15.2 Å².